The van der Waals surface area contributed by atoms with Crippen LogP contribution in [0.4, 0.5) is 13.2 Å². The first kappa shape index (κ1) is 25.6. The van der Waals surface area contributed by atoms with E-state index in [2.05, 4.69) is 12.7 Å². The fourth-order valence-corrected chi connectivity index (χ4v) is 4.12. The normalized spacial score (nSPS) is 11.3. The van der Waals surface area contributed by atoms with Crippen LogP contribution in [0.5, 0.6) is 0 Å². The SMILES string of the molecule is C=CCCc1ccc(CCCCc2ccc(-c3ccc(CC/C=C/C)cc3)c(F)c2F)cc1F. The third-order valence-electron chi connectivity index (χ3n) is 6.16. The van der Waals surface area contributed by atoms with Crippen LogP contribution >= 0.6 is 0 Å². The van der Waals surface area contributed by atoms with Crippen molar-refractivity contribution in [3.8, 4) is 11.1 Å². The van der Waals surface area contributed by atoms with E-state index < -0.39 is 11.6 Å². The average molecular weight is 463 g/mol. The van der Waals surface area contributed by atoms with E-state index in [-0.39, 0.29) is 11.4 Å². The van der Waals surface area contributed by atoms with Crippen molar-refractivity contribution in [2.24, 2.45) is 0 Å². The molecular weight excluding hydrogens is 429 g/mol. The van der Waals surface area contributed by atoms with Crippen LogP contribution in [0, 0.1) is 17.5 Å². The second-order valence-corrected chi connectivity index (χ2v) is 8.67. The molecule has 0 aliphatic heterocycles. The Morgan fingerprint density at radius 3 is 2.12 bits per heavy atom. The number of rotatable bonds is 12. The number of aryl methyl sites for hydroxylation is 4. The van der Waals surface area contributed by atoms with E-state index in [1.807, 2.05) is 49.4 Å². The van der Waals surface area contributed by atoms with Crippen LogP contribution in [0.25, 0.3) is 11.1 Å². The molecule has 0 N–H and O–H groups in total. The van der Waals surface area contributed by atoms with Gasteiger partial charge in [-0.2, -0.15) is 0 Å². The van der Waals surface area contributed by atoms with Gasteiger partial charge in [-0.05, 0) is 92.2 Å². The largest absolute Gasteiger partial charge is 0.207 e. The molecule has 0 fully saturated rings. The summed E-state index contributed by atoms with van der Waals surface area (Å²) in [6.07, 6.45) is 11.9. The maximum absolute atomic E-state index is 14.8. The zero-order chi connectivity index (χ0) is 24.3. The molecule has 0 atom stereocenters. The lowest BCUT2D eigenvalue weighted by atomic mass is 9.97. The van der Waals surface area contributed by atoms with Crippen LogP contribution in [0.1, 0.15) is 54.9 Å². The lowest BCUT2D eigenvalue weighted by Crippen LogP contribution is -1.99. The molecule has 0 aliphatic carbocycles. The van der Waals surface area contributed by atoms with Gasteiger partial charge in [-0.3, -0.25) is 0 Å². The third-order valence-corrected chi connectivity index (χ3v) is 6.16. The van der Waals surface area contributed by atoms with Gasteiger partial charge in [-0.1, -0.05) is 66.8 Å². The summed E-state index contributed by atoms with van der Waals surface area (Å²) in [5.41, 5.74) is 4.14. The summed E-state index contributed by atoms with van der Waals surface area (Å²) in [5, 5.41) is 0. The van der Waals surface area contributed by atoms with Crippen LogP contribution in [-0.2, 0) is 25.7 Å². The fourth-order valence-electron chi connectivity index (χ4n) is 4.12. The van der Waals surface area contributed by atoms with Crippen LogP contribution in [0.15, 0.2) is 79.4 Å². The Kier molecular flexibility index (Phi) is 9.75. The summed E-state index contributed by atoms with van der Waals surface area (Å²) in [6.45, 7) is 5.67. The maximum atomic E-state index is 14.8. The zero-order valence-corrected chi connectivity index (χ0v) is 19.9. The van der Waals surface area contributed by atoms with Gasteiger partial charge in [0.2, 0.25) is 0 Å². The van der Waals surface area contributed by atoms with Crippen molar-refractivity contribution < 1.29 is 13.2 Å². The predicted molar refractivity (Wildman–Crippen MR) is 136 cm³/mol. The Labute approximate surface area is 201 Å². The Morgan fingerprint density at radius 2 is 1.41 bits per heavy atom. The molecule has 0 aliphatic rings. The smallest absolute Gasteiger partial charge is 0.166 e. The van der Waals surface area contributed by atoms with Crippen molar-refractivity contribution in [2.45, 2.75) is 58.3 Å². The van der Waals surface area contributed by atoms with E-state index in [1.165, 1.54) is 5.56 Å². The summed E-state index contributed by atoms with van der Waals surface area (Å²) in [7, 11) is 0. The first-order valence-corrected chi connectivity index (χ1v) is 12.1. The molecular formula is C31H33F3. The molecule has 0 saturated carbocycles. The second-order valence-electron chi connectivity index (χ2n) is 8.67. The monoisotopic (exact) mass is 462 g/mol. The van der Waals surface area contributed by atoms with E-state index in [0.717, 1.165) is 31.2 Å². The van der Waals surface area contributed by atoms with Gasteiger partial charge in [0.05, 0.1) is 0 Å². The van der Waals surface area contributed by atoms with Gasteiger partial charge in [0, 0.05) is 5.56 Å². The highest BCUT2D eigenvalue weighted by Crippen LogP contribution is 2.28. The van der Waals surface area contributed by atoms with E-state index in [4.69, 9.17) is 0 Å². The molecule has 0 nitrogen and oxygen atoms in total. The Balaban J connectivity index is 1.56. The fraction of sp³-hybridized carbons (Fsp3) is 0.290. The number of halogens is 3. The van der Waals surface area contributed by atoms with Crippen LogP contribution < -0.4 is 0 Å². The van der Waals surface area contributed by atoms with Crippen molar-refractivity contribution in [3.05, 3.63) is 119 Å². The molecule has 0 spiro atoms. The first-order valence-electron chi connectivity index (χ1n) is 12.1. The van der Waals surface area contributed by atoms with Crippen molar-refractivity contribution >= 4 is 0 Å². The number of allylic oxidation sites excluding steroid dienone is 3. The highest BCUT2D eigenvalue weighted by Gasteiger charge is 2.14. The summed E-state index contributed by atoms with van der Waals surface area (Å²) in [6, 6.07) is 16.4. The molecule has 0 radical (unpaired) electrons. The van der Waals surface area contributed by atoms with Gasteiger partial charge in [-0.25, -0.2) is 13.2 Å². The lowest BCUT2D eigenvalue weighted by molar-refractivity contribution is 0.498. The van der Waals surface area contributed by atoms with E-state index >= 15 is 0 Å². The number of hydrogen-bond donors (Lipinski definition) is 0. The van der Waals surface area contributed by atoms with Gasteiger partial charge in [-0.15, -0.1) is 6.58 Å². The Morgan fingerprint density at radius 1 is 0.706 bits per heavy atom. The van der Waals surface area contributed by atoms with Crippen molar-refractivity contribution in [2.75, 3.05) is 0 Å². The highest BCUT2D eigenvalue weighted by molar-refractivity contribution is 5.65. The molecule has 3 rings (SSSR count). The summed E-state index contributed by atoms with van der Waals surface area (Å²) in [4.78, 5) is 0. The topological polar surface area (TPSA) is 0 Å². The molecule has 0 heterocycles. The van der Waals surface area contributed by atoms with Gasteiger partial charge < -0.3 is 0 Å². The van der Waals surface area contributed by atoms with Crippen LogP contribution in [0.2, 0.25) is 0 Å². The highest BCUT2D eigenvalue weighted by atomic mass is 19.2. The van der Waals surface area contributed by atoms with Crippen LogP contribution in [0.3, 0.4) is 0 Å². The molecule has 0 unspecified atom stereocenters. The van der Waals surface area contributed by atoms with Crippen molar-refractivity contribution in [1.82, 2.24) is 0 Å². The summed E-state index contributed by atoms with van der Waals surface area (Å²) < 4.78 is 43.7. The molecule has 0 aromatic heterocycles. The minimum atomic E-state index is -0.795. The van der Waals surface area contributed by atoms with E-state index in [9.17, 15) is 13.2 Å². The third kappa shape index (κ3) is 6.96. The number of benzene rings is 3. The molecule has 34 heavy (non-hydrogen) atoms. The number of unbranched alkanes of at least 4 members (excludes halogenated alkanes) is 1. The van der Waals surface area contributed by atoms with E-state index in [0.29, 0.717) is 42.4 Å². The lowest BCUT2D eigenvalue weighted by Gasteiger charge is -2.10. The van der Waals surface area contributed by atoms with Crippen LogP contribution in [-0.4, -0.2) is 0 Å². The van der Waals surface area contributed by atoms with Gasteiger partial charge in [0.1, 0.15) is 5.82 Å². The molecule has 3 aromatic rings. The summed E-state index contributed by atoms with van der Waals surface area (Å²) in [5.74, 6) is -1.75. The van der Waals surface area contributed by atoms with Crippen molar-refractivity contribution in [3.63, 3.8) is 0 Å². The Bertz CT molecular complexity index is 1110. The minimum Gasteiger partial charge on any atom is -0.207 e. The molecule has 0 amide bonds. The first-order chi connectivity index (χ1) is 16.5. The molecule has 3 heteroatoms. The summed E-state index contributed by atoms with van der Waals surface area (Å²) >= 11 is 0. The zero-order valence-electron chi connectivity index (χ0n) is 19.9. The van der Waals surface area contributed by atoms with E-state index in [1.54, 1.807) is 24.3 Å². The maximum Gasteiger partial charge on any atom is 0.166 e. The standard InChI is InChI=1S/C31H33F3/c1-3-5-7-10-23-14-17-25(18-15-23)28-21-20-27(30(33)31(28)34)13-9-8-11-24-16-19-26(12-6-4-2)29(32)22-24/h3-5,14-22H,2,6-13H2,1H3/b5-3+. The van der Waals surface area contributed by atoms with Gasteiger partial charge in [0.15, 0.2) is 11.6 Å². The second kappa shape index (κ2) is 13.0. The Hall–Kier alpha value is -3.07. The minimum absolute atomic E-state index is 0.186. The quantitative estimate of drug-likeness (QED) is 0.186. The van der Waals surface area contributed by atoms with Gasteiger partial charge in [0.25, 0.3) is 0 Å². The van der Waals surface area contributed by atoms with Gasteiger partial charge >= 0.3 is 0 Å². The average Bonchev–Trinajstić information content (AvgIpc) is 2.84. The predicted octanol–water partition coefficient (Wildman–Crippen LogP) is 8.96. The van der Waals surface area contributed by atoms with Crippen molar-refractivity contribution in [1.29, 1.82) is 0 Å². The molecule has 178 valence electrons. The number of hydrogen-bond acceptors (Lipinski definition) is 0. The molecule has 3 aromatic carbocycles. The molecule has 0 saturated heterocycles. The molecule has 0 bridgehead atoms.